The van der Waals surface area contributed by atoms with E-state index in [9.17, 15) is 8.78 Å². The van der Waals surface area contributed by atoms with Gasteiger partial charge in [0.2, 0.25) is 0 Å². The van der Waals surface area contributed by atoms with E-state index in [1.165, 1.54) is 10.9 Å². The van der Waals surface area contributed by atoms with E-state index in [2.05, 4.69) is 5.10 Å². The fourth-order valence-corrected chi connectivity index (χ4v) is 0.730. The van der Waals surface area contributed by atoms with E-state index in [0.717, 1.165) is 0 Å². The number of hydrogen-bond acceptors (Lipinski definition) is 1. The van der Waals surface area contributed by atoms with Crippen LogP contribution < -0.4 is 0 Å². The molecule has 0 unspecified atom stereocenters. The van der Waals surface area contributed by atoms with Crippen molar-refractivity contribution in [1.29, 1.82) is 0 Å². The quantitative estimate of drug-likeness (QED) is 0.643. The van der Waals surface area contributed by atoms with Crippen LogP contribution in [0.25, 0.3) is 0 Å². The molecular formula is C8H14F2N2. The smallest absolute Gasteiger partial charge is 0.267 e. The van der Waals surface area contributed by atoms with Crippen molar-refractivity contribution in [2.75, 3.05) is 0 Å². The van der Waals surface area contributed by atoms with E-state index in [-0.39, 0.29) is 5.56 Å². The van der Waals surface area contributed by atoms with Gasteiger partial charge in [0.1, 0.15) is 0 Å². The summed E-state index contributed by atoms with van der Waals surface area (Å²) in [5.74, 6) is 0. The molecule has 0 spiro atoms. The first kappa shape index (κ1) is 11.1. The molecule has 12 heavy (non-hydrogen) atoms. The van der Waals surface area contributed by atoms with Gasteiger partial charge in [0.25, 0.3) is 6.43 Å². The Hall–Kier alpha value is -0.930. The molecule has 4 heteroatoms. The highest BCUT2D eigenvalue weighted by Gasteiger charge is 2.12. The highest BCUT2D eigenvalue weighted by molar-refractivity contribution is 5.16. The minimum atomic E-state index is -2.41. The third kappa shape index (κ3) is 2.29. The van der Waals surface area contributed by atoms with Crippen molar-refractivity contribution in [3.8, 4) is 0 Å². The van der Waals surface area contributed by atoms with Crippen molar-refractivity contribution in [3.05, 3.63) is 17.5 Å². The molecule has 0 saturated carbocycles. The molecule has 0 aromatic carbocycles. The Morgan fingerprint density at radius 2 is 1.92 bits per heavy atom. The number of halogens is 2. The Kier molecular flexibility index (Phi) is 4.47. The second-order valence-electron chi connectivity index (χ2n) is 2.11. The van der Waals surface area contributed by atoms with Crippen LogP contribution >= 0.6 is 0 Å². The molecule has 1 rings (SSSR count). The summed E-state index contributed by atoms with van der Waals surface area (Å²) >= 11 is 0. The number of hydrogen-bond donors (Lipinski definition) is 0. The Bertz CT molecular complexity index is 231. The van der Waals surface area contributed by atoms with Crippen molar-refractivity contribution in [2.45, 2.75) is 27.2 Å². The van der Waals surface area contributed by atoms with Gasteiger partial charge < -0.3 is 0 Å². The third-order valence-electron chi connectivity index (χ3n) is 1.51. The van der Waals surface area contributed by atoms with Crippen LogP contribution in [0.4, 0.5) is 8.78 Å². The molecule has 0 atom stereocenters. The number of aryl methyl sites for hydroxylation is 1. The molecule has 1 heterocycles. The minimum Gasteiger partial charge on any atom is -0.272 e. The first-order chi connectivity index (χ1) is 5.63. The maximum Gasteiger partial charge on any atom is 0.267 e. The second-order valence-corrected chi connectivity index (χ2v) is 2.11. The SMILES string of the molecule is CC.Cc1c(C(F)F)cnn1C. The van der Waals surface area contributed by atoms with Gasteiger partial charge in [-0.3, -0.25) is 4.68 Å². The zero-order chi connectivity index (χ0) is 9.72. The maximum absolute atomic E-state index is 12.0. The van der Waals surface area contributed by atoms with Crippen LogP contribution in [0, 0.1) is 6.92 Å². The second kappa shape index (κ2) is 4.85. The van der Waals surface area contributed by atoms with Gasteiger partial charge in [0.05, 0.1) is 11.8 Å². The number of alkyl halides is 2. The standard InChI is InChI=1S/C6H8F2N2.C2H6/c1-4-5(6(7)8)3-9-10(4)2;1-2/h3,6H,1-2H3;1-2H3. The maximum atomic E-state index is 12.0. The van der Waals surface area contributed by atoms with Crippen molar-refractivity contribution >= 4 is 0 Å². The fourth-order valence-electron chi connectivity index (χ4n) is 0.730. The summed E-state index contributed by atoms with van der Waals surface area (Å²) in [6.07, 6.45) is -1.21. The Morgan fingerprint density at radius 1 is 1.42 bits per heavy atom. The predicted molar refractivity (Wildman–Crippen MR) is 44.3 cm³/mol. The molecule has 2 nitrogen and oxygen atoms in total. The molecule has 70 valence electrons. The van der Waals surface area contributed by atoms with E-state index in [4.69, 9.17) is 0 Å². The predicted octanol–water partition coefficient (Wildman–Crippen LogP) is 2.69. The molecule has 0 radical (unpaired) electrons. The van der Waals surface area contributed by atoms with Crippen molar-refractivity contribution in [2.24, 2.45) is 7.05 Å². The molecule has 0 saturated heterocycles. The lowest BCUT2D eigenvalue weighted by atomic mass is 10.3. The average molecular weight is 176 g/mol. The molecule has 1 aromatic rings. The van der Waals surface area contributed by atoms with Crippen LogP contribution in [0.3, 0.4) is 0 Å². The van der Waals surface area contributed by atoms with Crippen LogP contribution in [0.5, 0.6) is 0 Å². The van der Waals surface area contributed by atoms with Gasteiger partial charge in [-0.15, -0.1) is 0 Å². The topological polar surface area (TPSA) is 17.8 Å². The lowest BCUT2D eigenvalue weighted by Gasteiger charge is -1.96. The van der Waals surface area contributed by atoms with Crippen molar-refractivity contribution in [1.82, 2.24) is 9.78 Å². The van der Waals surface area contributed by atoms with Crippen LogP contribution in [-0.4, -0.2) is 9.78 Å². The van der Waals surface area contributed by atoms with Crippen LogP contribution in [0.2, 0.25) is 0 Å². The Balaban J connectivity index is 0.000000561. The largest absolute Gasteiger partial charge is 0.272 e. The molecule has 0 aliphatic heterocycles. The fraction of sp³-hybridized carbons (Fsp3) is 0.625. The van der Waals surface area contributed by atoms with Crippen molar-refractivity contribution in [3.63, 3.8) is 0 Å². The molecular weight excluding hydrogens is 162 g/mol. The molecule has 0 amide bonds. The molecule has 1 aromatic heterocycles. The lowest BCUT2D eigenvalue weighted by Crippen LogP contribution is -1.94. The highest BCUT2D eigenvalue weighted by Crippen LogP contribution is 2.20. The van der Waals surface area contributed by atoms with Gasteiger partial charge >= 0.3 is 0 Å². The first-order valence-corrected chi connectivity index (χ1v) is 3.89. The number of rotatable bonds is 1. The summed E-state index contributed by atoms with van der Waals surface area (Å²) in [6, 6.07) is 0. The summed E-state index contributed by atoms with van der Waals surface area (Å²) in [5.41, 5.74) is 0.539. The zero-order valence-electron chi connectivity index (χ0n) is 7.81. The van der Waals surface area contributed by atoms with E-state index < -0.39 is 6.43 Å². The summed E-state index contributed by atoms with van der Waals surface area (Å²) in [5, 5.41) is 3.67. The lowest BCUT2D eigenvalue weighted by molar-refractivity contribution is 0.150. The van der Waals surface area contributed by atoms with Crippen molar-refractivity contribution < 1.29 is 8.78 Å². The molecule has 0 N–H and O–H groups in total. The summed E-state index contributed by atoms with van der Waals surface area (Å²) < 4.78 is 25.4. The average Bonchev–Trinajstić information content (AvgIpc) is 2.37. The Morgan fingerprint density at radius 3 is 2.08 bits per heavy atom. The molecule has 0 aliphatic rings. The van der Waals surface area contributed by atoms with Gasteiger partial charge in [-0.1, -0.05) is 13.8 Å². The number of aromatic nitrogens is 2. The van der Waals surface area contributed by atoms with E-state index >= 15 is 0 Å². The molecule has 0 aliphatic carbocycles. The first-order valence-electron chi connectivity index (χ1n) is 3.89. The zero-order valence-corrected chi connectivity index (χ0v) is 7.81. The Labute approximate surface area is 71.2 Å². The van der Waals surface area contributed by atoms with E-state index in [1.54, 1.807) is 14.0 Å². The van der Waals surface area contributed by atoms with Gasteiger partial charge in [-0.05, 0) is 6.92 Å². The van der Waals surface area contributed by atoms with Crippen LogP contribution in [-0.2, 0) is 7.05 Å². The van der Waals surface area contributed by atoms with E-state index in [0.29, 0.717) is 5.69 Å². The normalized spacial score (nSPS) is 9.58. The van der Waals surface area contributed by atoms with E-state index in [1.807, 2.05) is 13.8 Å². The molecule has 0 fully saturated rings. The minimum absolute atomic E-state index is 0.0162. The summed E-state index contributed by atoms with van der Waals surface area (Å²) in [6.45, 7) is 5.62. The summed E-state index contributed by atoms with van der Waals surface area (Å²) in [7, 11) is 1.64. The van der Waals surface area contributed by atoms with Crippen LogP contribution in [0.1, 0.15) is 31.5 Å². The van der Waals surface area contributed by atoms with Gasteiger partial charge in [-0.2, -0.15) is 5.10 Å². The van der Waals surface area contributed by atoms with Gasteiger partial charge in [0, 0.05) is 12.7 Å². The highest BCUT2D eigenvalue weighted by atomic mass is 19.3. The third-order valence-corrected chi connectivity index (χ3v) is 1.51. The van der Waals surface area contributed by atoms with Gasteiger partial charge in [-0.25, -0.2) is 8.78 Å². The monoisotopic (exact) mass is 176 g/mol. The van der Waals surface area contributed by atoms with Gasteiger partial charge in [0.15, 0.2) is 0 Å². The van der Waals surface area contributed by atoms with Crippen LogP contribution in [0.15, 0.2) is 6.20 Å². The number of nitrogens with zero attached hydrogens (tertiary/aromatic N) is 2. The summed E-state index contributed by atoms with van der Waals surface area (Å²) in [4.78, 5) is 0. The molecule has 0 bridgehead atoms.